The van der Waals surface area contributed by atoms with Gasteiger partial charge in [-0.05, 0) is 43.7 Å². The number of amides is 1. The number of aromatic nitrogens is 3. The summed E-state index contributed by atoms with van der Waals surface area (Å²) in [4.78, 5) is 21.4. The van der Waals surface area contributed by atoms with Gasteiger partial charge in [-0.3, -0.25) is 9.69 Å². The number of phenols is 1. The van der Waals surface area contributed by atoms with E-state index in [2.05, 4.69) is 10.1 Å². The van der Waals surface area contributed by atoms with E-state index in [1.165, 1.54) is 31.2 Å². The largest absolute Gasteiger partial charge is 0.508 e. The van der Waals surface area contributed by atoms with Gasteiger partial charge in [0.1, 0.15) is 17.1 Å². The number of nitrogens with zero attached hydrogens (tertiary/aromatic N) is 5. The number of piperazine rings is 1. The normalized spacial score (nSPS) is 14.2. The third-order valence-electron chi connectivity index (χ3n) is 6.85. The Hall–Kier alpha value is -3.99. The van der Waals surface area contributed by atoms with Gasteiger partial charge in [-0.2, -0.15) is 18.3 Å². The molecule has 0 unspecified atom stereocenters. The highest BCUT2D eigenvalue weighted by atomic mass is 19.4. The van der Waals surface area contributed by atoms with Gasteiger partial charge in [0.25, 0.3) is 5.91 Å². The Labute approximate surface area is 229 Å². The quantitative estimate of drug-likeness (QED) is 0.318. The number of phenolic OH excluding ortho intramolecular Hbond substituents is 1. The molecule has 0 radical (unpaired) electrons. The van der Waals surface area contributed by atoms with Crippen molar-refractivity contribution in [3.63, 3.8) is 0 Å². The van der Waals surface area contributed by atoms with Crippen molar-refractivity contribution < 1.29 is 27.5 Å². The van der Waals surface area contributed by atoms with E-state index in [9.17, 15) is 27.5 Å². The standard InChI is InChI=1S/C27H25F4N5O2.C2H6/c1-16-4-3-5-19(22(16)28)15-34-10-12-35(13-11-34)26(38)21-14-32-36-24(27(29,30)31)17(2)23(33-25(21)36)18-6-8-20(37)9-7-18;1-2/h3-9,14,37H,10-13,15H2,1-2H3;1-2H3. The average molecular weight is 558 g/mol. The molecule has 1 aliphatic heterocycles. The molecule has 1 fully saturated rings. The first kappa shape index (κ1) is 29.0. The zero-order chi connectivity index (χ0) is 29.2. The number of benzene rings is 2. The molecule has 1 aliphatic rings. The fraction of sp³-hybridized carbons (Fsp3) is 0.345. The Morgan fingerprint density at radius 1 is 1.00 bits per heavy atom. The molecule has 0 aliphatic carbocycles. The van der Waals surface area contributed by atoms with Crippen LogP contribution < -0.4 is 0 Å². The van der Waals surface area contributed by atoms with Crippen LogP contribution in [0.4, 0.5) is 17.6 Å². The van der Waals surface area contributed by atoms with E-state index in [0.717, 1.165) is 6.20 Å². The van der Waals surface area contributed by atoms with Gasteiger partial charge in [0, 0.05) is 49.4 Å². The van der Waals surface area contributed by atoms with Crippen molar-refractivity contribution in [2.24, 2.45) is 0 Å². The van der Waals surface area contributed by atoms with Gasteiger partial charge >= 0.3 is 6.18 Å². The Bertz CT molecular complexity index is 1510. The number of hydrogen-bond acceptors (Lipinski definition) is 5. The number of fused-ring (bicyclic) bond motifs is 1. The van der Waals surface area contributed by atoms with E-state index in [4.69, 9.17) is 0 Å². The lowest BCUT2D eigenvalue weighted by atomic mass is 10.0. The molecule has 4 aromatic rings. The summed E-state index contributed by atoms with van der Waals surface area (Å²) in [5.41, 5.74) is 0.165. The molecule has 0 bridgehead atoms. The summed E-state index contributed by atoms with van der Waals surface area (Å²) in [6.07, 6.45) is -3.63. The van der Waals surface area contributed by atoms with Crippen molar-refractivity contribution in [1.29, 1.82) is 0 Å². The molecule has 1 saturated heterocycles. The molecular formula is C29H31F4N5O2. The van der Waals surface area contributed by atoms with Crippen LogP contribution in [0.1, 0.15) is 46.6 Å². The first-order chi connectivity index (χ1) is 19.0. The molecule has 0 saturated carbocycles. The van der Waals surface area contributed by atoms with Crippen LogP contribution in [0.2, 0.25) is 0 Å². The second kappa shape index (κ2) is 11.6. The van der Waals surface area contributed by atoms with Gasteiger partial charge in [0.2, 0.25) is 0 Å². The fourth-order valence-corrected chi connectivity index (χ4v) is 4.81. The third kappa shape index (κ3) is 5.65. The molecule has 2 aromatic heterocycles. The van der Waals surface area contributed by atoms with Crippen molar-refractivity contribution in [3.05, 3.63) is 82.4 Å². The number of aromatic hydroxyl groups is 1. The summed E-state index contributed by atoms with van der Waals surface area (Å²) in [6, 6.07) is 10.9. The predicted octanol–water partition coefficient (Wildman–Crippen LogP) is 5.86. The topological polar surface area (TPSA) is 74.0 Å². The van der Waals surface area contributed by atoms with E-state index >= 15 is 0 Å². The lowest BCUT2D eigenvalue weighted by Gasteiger charge is -2.34. The Morgan fingerprint density at radius 3 is 2.27 bits per heavy atom. The van der Waals surface area contributed by atoms with Crippen molar-refractivity contribution in [2.45, 2.75) is 40.4 Å². The summed E-state index contributed by atoms with van der Waals surface area (Å²) in [7, 11) is 0. The maximum atomic E-state index is 14.4. The average Bonchev–Trinajstić information content (AvgIpc) is 3.35. The lowest BCUT2D eigenvalue weighted by Crippen LogP contribution is -2.48. The number of carbonyl (C=O) groups excluding carboxylic acids is 1. The maximum absolute atomic E-state index is 14.4. The van der Waals surface area contributed by atoms with Gasteiger partial charge < -0.3 is 10.0 Å². The van der Waals surface area contributed by atoms with Crippen molar-refractivity contribution >= 4 is 11.6 Å². The van der Waals surface area contributed by atoms with Gasteiger partial charge in [0.05, 0.1) is 11.9 Å². The zero-order valence-electron chi connectivity index (χ0n) is 22.8. The molecule has 40 heavy (non-hydrogen) atoms. The van der Waals surface area contributed by atoms with Crippen molar-refractivity contribution in [1.82, 2.24) is 24.4 Å². The van der Waals surface area contributed by atoms with Gasteiger partial charge in [-0.1, -0.05) is 32.0 Å². The van der Waals surface area contributed by atoms with Crippen LogP contribution in [0.5, 0.6) is 5.75 Å². The van der Waals surface area contributed by atoms with E-state index in [0.29, 0.717) is 53.9 Å². The minimum absolute atomic E-state index is 0.0336. The predicted molar refractivity (Wildman–Crippen MR) is 143 cm³/mol. The van der Waals surface area contributed by atoms with Gasteiger partial charge in [-0.25, -0.2) is 13.9 Å². The number of rotatable bonds is 4. The Kier molecular flexibility index (Phi) is 8.43. The molecule has 5 rings (SSSR count). The van der Waals surface area contributed by atoms with Crippen molar-refractivity contribution in [2.75, 3.05) is 26.2 Å². The number of carbonyl (C=O) groups is 1. The van der Waals surface area contributed by atoms with E-state index in [1.807, 2.05) is 18.7 Å². The summed E-state index contributed by atoms with van der Waals surface area (Å²) in [5.74, 6) is -0.751. The summed E-state index contributed by atoms with van der Waals surface area (Å²) in [5, 5.41) is 13.5. The molecule has 3 heterocycles. The maximum Gasteiger partial charge on any atom is 0.433 e. The number of hydrogen-bond donors (Lipinski definition) is 1. The van der Waals surface area contributed by atoms with E-state index in [-0.39, 0.29) is 34.0 Å². The molecular weight excluding hydrogens is 526 g/mol. The van der Waals surface area contributed by atoms with Crippen molar-refractivity contribution in [3.8, 4) is 17.0 Å². The zero-order valence-corrected chi connectivity index (χ0v) is 22.8. The smallest absolute Gasteiger partial charge is 0.433 e. The summed E-state index contributed by atoms with van der Waals surface area (Å²) >= 11 is 0. The minimum atomic E-state index is -4.75. The molecule has 1 amide bonds. The minimum Gasteiger partial charge on any atom is -0.508 e. The van der Waals surface area contributed by atoms with E-state index < -0.39 is 17.8 Å². The van der Waals surface area contributed by atoms with E-state index in [1.54, 1.807) is 30.0 Å². The highest BCUT2D eigenvalue weighted by molar-refractivity contribution is 6.00. The SMILES string of the molecule is CC.Cc1cccc(CN2CCN(C(=O)c3cnn4c(C(F)(F)F)c(C)c(-c5ccc(O)cc5)nc34)CC2)c1F. The Morgan fingerprint density at radius 2 is 1.65 bits per heavy atom. The highest BCUT2D eigenvalue weighted by Crippen LogP contribution is 2.37. The van der Waals surface area contributed by atoms with Crippen LogP contribution in [0.3, 0.4) is 0 Å². The van der Waals surface area contributed by atoms with Gasteiger partial charge in [-0.15, -0.1) is 0 Å². The summed E-state index contributed by atoms with van der Waals surface area (Å²) in [6.45, 7) is 9.03. The third-order valence-corrected chi connectivity index (χ3v) is 6.85. The first-order valence-electron chi connectivity index (χ1n) is 13.0. The lowest BCUT2D eigenvalue weighted by molar-refractivity contribution is -0.143. The van der Waals surface area contributed by atoms with Gasteiger partial charge in [0.15, 0.2) is 11.3 Å². The molecule has 0 spiro atoms. The first-order valence-corrected chi connectivity index (χ1v) is 13.0. The van der Waals surface area contributed by atoms with Crippen LogP contribution >= 0.6 is 0 Å². The molecule has 7 nitrogen and oxygen atoms in total. The number of aryl methyl sites for hydroxylation is 1. The van der Waals surface area contributed by atoms with Crippen LogP contribution in [-0.2, 0) is 12.7 Å². The van der Waals surface area contributed by atoms with Crippen LogP contribution in [0.25, 0.3) is 16.9 Å². The summed E-state index contributed by atoms with van der Waals surface area (Å²) < 4.78 is 57.5. The second-order valence-corrected chi connectivity index (χ2v) is 9.39. The fourth-order valence-electron chi connectivity index (χ4n) is 4.81. The monoisotopic (exact) mass is 557 g/mol. The van der Waals surface area contributed by atoms with Crippen LogP contribution in [0.15, 0.2) is 48.7 Å². The molecule has 2 aromatic carbocycles. The number of alkyl halides is 3. The van der Waals surface area contributed by atoms with Crippen LogP contribution in [0, 0.1) is 19.7 Å². The molecule has 0 atom stereocenters. The molecule has 212 valence electrons. The number of halogens is 4. The second-order valence-electron chi connectivity index (χ2n) is 9.39. The Balaban J connectivity index is 0.00000181. The molecule has 1 N–H and O–H groups in total. The highest BCUT2D eigenvalue weighted by Gasteiger charge is 2.39. The van der Waals surface area contributed by atoms with Crippen LogP contribution in [-0.4, -0.2) is 61.6 Å². The molecule has 11 heteroatoms.